The van der Waals surface area contributed by atoms with Gasteiger partial charge in [-0.25, -0.2) is 4.98 Å². The fourth-order valence-electron chi connectivity index (χ4n) is 2.99. The zero-order valence-electron chi connectivity index (χ0n) is 24.1. The van der Waals surface area contributed by atoms with Crippen molar-refractivity contribution in [3.63, 3.8) is 0 Å². The Hall–Kier alpha value is -2.56. The third kappa shape index (κ3) is 6.98. The first-order valence-electron chi connectivity index (χ1n) is 12.5. The monoisotopic (exact) mass is 492 g/mol. The Morgan fingerprint density at radius 2 is 1.78 bits per heavy atom. The molecule has 0 spiro atoms. The third-order valence-electron chi connectivity index (χ3n) is 4.47. The van der Waals surface area contributed by atoms with E-state index in [4.69, 9.17) is 17.7 Å². The van der Waals surface area contributed by atoms with Crippen molar-refractivity contribution < 1.29 is 32.4 Å². The van der Waals surface area contributed by atoms with Crippen LogP contribution in [0.1, 0.15) is 56.8 Å². The molecular formula is C21H31ClN4O5S. The Balaban J connectivity index is 0.00000722. The van der Waals surface area contributed by atoms with Crippen molar-refractivity contribution in [3.8, 4) is 17.2 Å². The summed E-state index contributed by atoms with van der Waals surface area (Å²) in [4.78, 5) is 31.5. The van der Waals surface area contributed by atoms with Crippen LogP contribution in [-0.2, 0) is 0 Å². The maximum absolute atomic E-state index is 12.7. The van der Waals surface area contributed by atoms with Gasteiger partial charge in [0.2, 0.25) is 0 Å². The number of anilines is 1. The van der Waals surface area contributed by atoms with Crippen molar-refractivity contribution in [1.82, 2.24) is 15.2 Å². The van der Waals surface area contributed by atoms with Gasteiger partial charge in [-0.15, -0.1) is 23.7 Å². The van der Waals surface area contributed by atoms with Gasteiger partial charge < -0.3 is 19.9 Å². The second-order valence-corrected chi connectivity index (χ2v) is 8.05. The highest BCUT2D eigenvalue weighted by Gasteiger charge is 2.19. The number of methoxy groups -OCH3 is 2. The van der Waals surface area contributed by atoms with Crippen LogP contribution in [0.4, 0.5) is 5.13 Å². The minimum atomic E-state index is -2.99. The Kier molecular flexibility index (Phi) is 7.39. The van der Waals surface area contributed by atoms with Crippen LogP contribution >= 0.6 is 23.7 Å². The number of ether oxygens (including phenoxy) is 2. The minimum absolute atomic E-state index is 0. The zero-order chi connectivity index (χ0) is 28.1. The molecule has 2 aromatic rings. The van der Waals surface area contributed by atoms with Gasteiger partial charge in [0.25, 0.3) is 11.8 Å². The number of nitrogens with one attached hydrogen (secondary N) is 2. The van der Waals surface area contributed by atoms with Crippen molar-refractivity contribution in [2.45, 2.75) is 39.8 Å². The van der Waals surface area contributed by atoms with Crippen molar-refractivity contribution in [1.29, 1.82) is 0 Å². The van der Waals surface area contributed by atoms with Crippen LogP contribution in [0.2, 0.25) is 0 Å². The molecule has 0 aliphatic rings. The average molecular weight is 493 g/mol. The quantitative estimate of drug-likeness (QED) is 0.466. The summed E-state index contributed by atoms with van der Waals surface area (Å²) >= 11 is 0.965. The number of phenolic OH excluding ortho intramolecular Hbond substituents is 1. The molecule has 0 unspecified atom stereocenters. The van der Waals surface area contributed by atoms with E-state index in [-0.39, 0.29) is 23.2 Å². The van der Waals surface area contributed by atoms with E-state index in [1.54, 1.807) is 0 Å². The molecule has 0 bridgehead atoms. The fraction of sp³-hybridized carbons (Fsp3) is 0.476. The van der Waals surface area contributed by atoms with Gasteiger partial charge in [-0.3, -0.25) is 19.8 Å². The van der Waals surface area contributed by atoms with Gasteiger partial charge in [0.15, 0.2) is 16.6 Å². The van der Waals surface area contributed by atoms with Crippen LogP contribution in [0.5, 0.6) is 17.2 Å². The van der Waals surface area contributed by atoms with E-state index in [1.807, 2.05) is 0 Å². The number of benzene rings is 1. The number of phenols is 1. The van der Waals surface area contributed by atoms with E-state index in [0.717, 1.165) is 23.5 Å². The van der Waals surface area contributed by atoms with Gasteiger partial charge in [0.05, 0.1) is 27.9 Å². The SMILES string of the molecule is Cl.[2H]C([2H])([2H])Oc1cc(O)c(C(=O)Nc2nc(C(=O)NCCN(C(C)C)C(C)C)cs2)cc1OC([2H])([2H])[2H]. The Bertz CT molecular complexity index is 1100. The molecule has 0 fully saturated rings. The van der Waals surface area contributed by atoms with Crippen molar-refractivity contribution in [2.75, 3.05) is 32.5 Å². The molecule has 0 radical (unpaired) electrons. The van der Waals surface area contributed by atoms with E-state index in [9.17, 15) is 14.7 Å². The Morgan fingerprint density at radius 1 is 1.16 bits per heavy atom. The van der Waals surface area contributed by atoms with Crippen molar-refractivity contribution in [2.24, 2.45) is 0 Å². The summed E-state index contributed by atoms with van der Waals surface area (Å²) in [5, 5.41) is 16.9. The van der Waals surface area contributed by atoms with Crippen LogP contribution in [0.15, 0.2) is 17.5 Å². The summed E-state index contributed by atoms with van der Waals surface area (Å²) in [5.74, 6) is -3.20. The number of carbonyl (C=O) groups excluding carboxylic acids is 2. The molecule has 178 valence electrons. The largest absolute Gasteiger partial charge is 0.507 e. The van der Waals surface area contributed by atoms with E-state index in [1.165, 1.54) is 5.38 Å². The lowest BCUT2D eigenvalue weighted by atomic mass is 10.1. The van der Waals surface area contributed by atoms with Crippen LogP contribution < -0.4 is 20.1 Å². The maximum Gasteiger partial charge on any atom is 0.270 e. The third-order valence-corrected chi connectivity index (χ3v) is 5.22. The number of amides is 2. The lowest BCUT2D eigenvalue weighted by Crippen LogP contribution is -2.42. The highest BCUT2D eigenvalue weighted by molar-refractivity contribution is 7.14. The van der Waals surface area contributed by atoms with Gasteiger partial charge in [0, 0.05) is 42.7 Å². The second kappa shape index (κ2) is 12.5. The summed E-state index contributed by atoms with van der Waals surface area (Å²) in [7, 11) is -5.96. The highest BCUT2D eigenvalue weighted by Crippen LogP contribution is 2.34. The first-order chi connectivity index (χ1) is 17.0. The Labute approximate surface area is 207 Å². The molecule has 1 aromatic heterocycles. The number of carbonyl (C=O) groups is 2. The van der Waals surface area contributed by atoms with Gasteiger partial charge in [-0.2, -0.15) is 0 Å². The van der Waals surface area contributed by atoms with Crippen LogP contribution in [0.3, 0.4) is 0 Å². The molecule has 0 aliphatic heterocycles. The zero-order valence-corrected chi connectivity index (χ0v) is 19.7. The van der Waals surface area contributed by atoms with Crippen LogP contribution in [0.25, 0.3) is 0 Å². The molecule has 0 aliphatic carbocycles. The first-order valence-corrected chi connectivity index (χ1v) is 10.4. The molecule has 1 heterocycles. The number of nitrogens with zero attached hydrogens (tertiary/aromatic N) is 2. The lowest BCUT2D eigenvalue weighted by molar-refractivity contribution is 0.0934. The number of aromatic nitrogens is 1. The number of hydrogen-bond acceptors (Lipinski definition) is 8. The molecule has 2 amide bonds. The molecular weight excluding hydrogens is 456 g/mol. The summed E-state index contributed by atoms with van der Waals surface area (Å²) < 4.78 is 52.9. The van der Waals surface area contributed by atoms with Gasteiger partial charge >= 0.3 is 0 Å². The molecule has 11 heteroatoms. The summed E-state index contributed by atoms with van der Waals surface area (Å²) in [5.41, 5.74) is -0.348. The van der Waals surface area contributed by atoms with Crippen LogP contribution in [-0.4, -0.2) is 66.1 Å². The van der Waals surface area contributed by atoms with E-state index >= 15 is 0 Å². The standard InChI is InChI=1S/C21H30N4O5S.ClH/c1-12(2)25(13(3)4)8-7-22-20(28)15-11-31-21(23-15)24-19(27)14-9-17(29-5)18(30-6)10-16(14)26;/h9-13,26H,7-8H2,1-6H3,(H,22,28)(H,23,24,27);1H/i5D3,6D3;. The van der Waals surface area contributed by atoms with E-state index in [2.05, 4.69) is 48.2 Å². The topological polar surface area (TPSA) is 113 Å². The number of thiazole rings is 1. The molecule has 1 aromatic carbocycles. The van der Waals surface area contributed by atoms with Crippen molar-refractivity contribution in [3.05, 3.63) is 28.8 Å². The molecule has 3 N–H and O–H groups in total. The lowest BCUT2D eigenvalue weighted by Gasteiger charge is -2.30. The molecule has 0 saturated carbocycles. The molecule has 0 saturated heterocycles. The first kappa shape index (κ1) is 19.0. The summed E-state index contributed by atoms with van der Waals surface area (Å²) in [6.45, 7) is 9.33. The Morgan fingerprint density at radius 3 is 2.38 bits per heavy atom. The fourth-order valence-corrected chi connectivity index (χ4v) is 3.68. The van der Waals surface area contributed by atoms with Gasteiger partial charge in [-0.1, -0.05) is 0 Å². The summed E-state index contributed by atoms with van der Waals surface area (Å²) in [6, 6.07) is 2.23. The molecule has 0 atom stereocenters. The molecule has 2 rings (SSSR count). The van der Waals surface area contributed by atoms with Crippen LogP contribution in [0, 0.1) is 0 Å². The van der Waals surface area contributed by atoms with Gasteiger partial charge in [-0.05, 0) is 27.7 Å². The molecule has 9 nitrogen and oxygen atoms in total. The average Bonchev–Trinajstić information content (AvgIpc) is 3.18. The van der Waals surface area contributed by atoms with Crippen molar-refractivity contribution >= 4 is 40.7 Å². The summed E-state index contributed by atoms with van der Waals surface area (Å²) in [6.07, 6.45) is 0. The predicted molar refractivity (Wildman–Crippen MR) is 128 cm³/mol. The smallest absolute Gasteiger partial charge is 0.270 e. The predicted octanol–water partition coefficient (Wildman–Crippen LogP) is 3.39. The number of aromatic hydroxyl groups is 1. The highest BCUT2D eigenvalue weighted by atomic mass is 35.5. The number of rotatable bonds is 10. The maximum atomic E-state index is 12.7. The van der Waals surface area contributed by atoms with E-state index in [0.29, 0.717) is 25.2 Å². The van der Waals surface area contributed by atoms with Gasteiger partial charge in [0.1, 0.15) is 11.4 Å². The molecule has 32 heavy (non-hydrogen) atoms. The second-order valence-electron chi connectivity index (χ2n) is 7.19. The van der Waals surface area contributed by atoms with E-state index < -0.39 is 48.7 Å². The minimum Gasteiger partial charge on any atom is -0.507 e. The normalized spacial score (nSPS) is 14.3. The number of halogens is 1. The number of hydrogen-bond donors (Lipinski definition) is 3.